The second kappa shape index (κ2) is 13.4. The summed E-state index contributed by atoms with van der Waals surface area (Å²) >= 11 is 0. The summed E-state index contributed by atoms with van der Waals surface area (Å²) in [5.41, 5.74) is -1.85. The van der Waals surface area contributed by atoms with Crippen molar-refractivity contribution in [3.8, 4) is 33.8 Å². The molecule has 2 nitrogen and oxygen atoms in total. The van der Waals surface area contributed by atoms with Crippen LogP contribution in [0.5, 0.6) is 11.5 Å². The summed E-state index contributed by atoms with van der Waals surface area (Å²) in [6.45, 7) is 2.04. The Labute approximate surface area is 245 Å². The fourth-order valence-electron chi connectivity index (χ4n) is 4.46. The second-order valence-electron chi connectivity index (χ2n) is 9.64. The van der Waals surface area contributed by atoms with E-state index in [0.29, 0.717) is 18.6 Å². The molecule has 0 atom stereocenters. The normalized spacial score (nSPS) is 11.4. The monoisotopic (exact) mass is 628 g/mol. The number of alkyl halides is 2. The van der Waals surface area contributed by atoms with Crippen molar-refractivity contribution in [2.45, 2.75) is 38.7 Å². The van der Waals surface area contributed by atoms with E-state index in [4.69, 9.17) is 0 Å². The van der Waals surface area contributed by atoms with Gasteiger partial charge in [0.15, 0.2) is 23.6 Å². The summed E-state index contributed by atoms with van der Waals surface area (Å²) in [5.74, 6) is -11.5. The number of ether oxygens (including phenoxy) is 2. The van der Waals surface area contributed by atoms with Gasteiger partial charge < -0.3 is 9.47 Å². The Morgan fingerprint density at radius 2 is 1.25 bits per heavy atom. The van der Waals surface area contributed by atoms with Gasteiger partial charge in [-0.25, -0.2) is 26.3 Å². The molecule has 0 aromatic heterocycles. The molecule has 44 heavy (non-hydrogen) atoms. The van der Waals surface area contributed by atoms with Crippen LogP contribution >= 0.6 is 0 Å². The molecule has 0 unspecified atom stereocenters. The average molecular weight is 629 g/mol. The van der Waals surface area contributed by atoms with Gasteiger partial charge in [-0.2, -0.15) is 17.6 Å². The molecule has 0 saturated carbocycles. The highest BCUT2D eigenvalue weighted by Gasteiger charge is 2.41. The van der Waals surface area contributed by atoms with E-state index in [1.54, 1.807) is 6.07 Å². The number of halogens is 10. The van der Waals surface area contributed by atoms with Crippen molar-refractivity contribution in [3.05, 3.63) is 119 Å². The molecular weight excluding hydrogens is 606 g/mol. The molecule has 0 fully saturated rings. The van der Waals surface area contributed by atoms with Crippen LogP contribution in [0.2, 0.25) is 0 Å². The van der Waals surface area contributed by atoms with E-state index in [1.165, 1.54) is 18.2 Å². The molecule has 0 aliphatic carbocycles. The van der Waals surface area contributed by atoms with Gasteiger partial charge in [0.25, 0.3) is 0 Å². The highest BCUT2D eigenvalue weighted by molar-refractivity contribution is 5.72. The maximum Gasteiger partial charge on any atom is 0.432 e. The molecule has 232 valence electrons. The van der Waals surface area contributed by atoms with Gasteiger partial charge in [-0.15, -0.1) is 0 Å². The minimum Gasteiger partial charge on any atom is -0.453 e. The summed E-state index contributed by atoms with van der Waals surface area (Å²) in [4.78, 5) is 0. The third-order valence-electron chi connectivity index (χ3n) is 6.51. The maximum absolute atomic E-state index is 15.1. The Morgan fingerprint density at radius 3 is 1.82 bits per heavy atom. The minimum absolute atomic E-state index is 0.0812. The molecule has 0 aliphatic heterocycles. The molecule has 0 saturated heterocycles. The van der Waals surface area contributed by atoms with Crippen LogP contribution in [0.4, 0.5) is 43.9 Å². The summed E-state index contributed by atoms with van der Waals surface area (Å²) in [7, 11) is 0. The molecule has 4 rings (SSSR count). The minimum atomic E-state index is -4.85. The first-order valence-corrected chi connectivity index (χ1v) is 13.1. The van der Waals surface area contributed by atoms with E-state index in [9.17, 15) is 39.5 Å². The highest BCUT2D eigenvalue weighted by atomic mass is 19.3. The smallest absolute Gasteiger partial charge is 0.432 e. The molecule has 0 aliphatic rings. The first-order chi connectivity index (χ1) is 20.8. The number of hydrogen-bond acceptors (Lipinski definition) is 2. The van der Waals surface area contributed by atoms with Crippen LogP contribution in [0.15, 0.2) is 73.0 Å². The first kappa shape index (κ1) is 32.4. The number of rotatable bonds is 11. The number of unbranched alkanes of at least 4 members (excludes halogenated alkanes) is 2. The van der Waals surface area contributed by atoms with Crippen molar-refractivity contribution in [2.75, 3.05) is 0 Å². The van der Waals surface area contributed by atoms with Crippen LogP contribution in [-0.4, -0.2) is 0 Å². The Hall–Kier alpha value is -4.48. The van der Waals surface area contributed by atoms with Crippen LogP contribution in [0, 0.1) is 34.9 Å². The topological polar surface area (TPSA) is 18.5 Å². The fraction of sp³-hybridized carbons (Fsp3) is 0.188. The quantitative estimate of drug-likeness (QED) is 0.0935. The Kier molecular flexibility index (Phi) is 9.91. The molecule has 0 radical (unpaired) electrons. The Bertz CT molecular complexity index is 1650. The average Bonchev–Trinajstić information content (AvgIpc) is 2.91. The van der Waals surface area contributed by atoms with Gasteiger partial charge in [0.05, 0.1) is 0 Å². The third kappa shape index (κ3) is 7.35. The summed E-state index contributed by atoms with van der Waals surface area (Å²) in [6, 6.07) is 8.91. The van der Waals surface area contributed by atoms with Gasteiger partial charge >= 0.3 is 12.2 Å². The number of hydrogen-bond donors (Lipinski definition) is 0. The molecular formula is C32H22F10O2. The van der Waals surface area contributed by atoms with Crippen LogP contribution in [0.3, 0.4) is 0 Å². The van der Waals surface area contributed by atoms with E-state index in [2.05, 4.69) is 9.47 Å². The lowest BCUT2D eigenvalue weighted by Gasteiger charge is -2.20. The lowest BCUT2D eigenvalue weighted by molar-refractivity contribution is -0.189. The van der Waals surface area contributed by atoms with Crippen molar-refractivity contribution >= 4 is 0 Å². The second-order valence-corrected chi connectivity index (χ2v) is 9.64. The van der Waals surface area contributed by atoms with Gasteiger partial charge in [0.2, 0.25) is 0 Å². The predicted octanol–water partition coefficient (Wildman–Crippen LogP) is 10.8. The predicted molar refractivity (Wildman–Crippen MR) is 142 cm³/mol. The summed E-state index contributed by atoms with van der Waals surface area (Å²) < 4.78 is 150. The standard InChI is InChI=1S/C32H22F10O2/c1-2-3-4-5-17-6-8-21(23(33)10-17)18-7-9-22(24(34)11-18)19-12-25(35)30(26(36)13-19)32(41,42)44-20-14-27(37)31(28(38)15-20)43-16-29(39)40/h6-16H,2-5H2,1H3. The van der Waals surface area contributed by atoms with Gasteiger partial charge in [-0.05, 0) is 53.8 Å². The third-order valence-corrected chi connectivity index (χ3v) is 6.51. The van der Waals surface area contributed by atoms with Crippen molar-refractivity contribution in [1.82, 2.24) is 0 Å². The van der Waals surface area contributed by atoms with E-state index >= 15 is 4.39 Å². The molecule has 0 N–H and O–H groups in total. The van der Waals surface area contributed by atoms with Crippen LogP contribution in [0.25, 0.3) is 22.3 Å². The zero-order valence-electron chi connectivity index (χ0n) is 22.8. The SMILES string of the molecule is CCCCCc1ccc(-c2ccc(-c3cc(F)c(C(F)(F)Oc4cc(F)c(OC=C(F)F)c(F)c4)c(F)c3)c(F)c2)c(F)c1. The fourth-order valence-corrected chi connectivity index (χ4v) is 4.46. The van der Waals surface area contributed by atoms with Crippen molar-refractivity contribution < 1.29 is 53.4 Å². The Balaban J connectivity index is 1.59. The van der Waals surface area contributed by atoms with Crippen LogP contribution in [0.1, 0.15) is 37.3 Å². The molecule has 4 aromatic carbocycles. The number of aryl methyl sites for hydroxylation is 1. The largest absolute Gasteiger partial charge is 0.453 e. The molecule has 12 heteroatoms. The van der Waals surface area contributed by atoms with E-state index in [1.807, 2.05) is 6.92 Å². The molecule has 0 amide bonds. The van der Waals surface area contributed by atoms with E-state index in [0.717, 1.165) is 37.0 Å². The van der Waals surface area contributed by atoms with Crippen LogP contribution in [-0.2, 0) is 12.5 Å². The van der Waals surface area contributed by atoms with Gasteiger partial charge in [-0.3, -0.25) is 0 Å². The van der Waals surface area contributed by atoms with Crippen molar-refractivity contribution in [2.24, 2.45) is 0 Å². The lowest BCUT2D eigenvalue weighted by Crippen LogP contribution is -2.25. The summed E-state index contributed by atoms with van der Waals surface area (Å²) in [5, 5.41) is 0. The van der Waals surface area contributed by atoms with Crippen molar-refractivity contribution in [1.29, 1.82) is 0 Å². The number of benzene rings is 4. The van der Waals surface area contributed by atoms with Crippen LogP contribution < -0.4 is 9.47 Å². The van der Waals surface area contributed by atoms with E-state index < -0.39 is 75.3 Å². The molecule has 4 aromatic rings. The molecule has 0 bridgehead atoms. The molecule has 0 spiro atoms. The van der Waals surface area contributed by atoms with Gasteiger partial charge in [-0.1, -0.05) is 44.0 Å². The van der Waals surface area contributed by atoms with Crippen molar-refractivity contribution in [3.63, 3.8) is 0 Å². The highest BCUT2D eigenvalue weighted by Crippen LogP contribution is 2.39. The first-order valence-electron chi connectivity index (χ1n) is 13.1. The lowest BCUT2D eigenvalue weighted by atomic mass is 9.96. The Morgan fingerprint density at radius 1 is 0.682 bits per heavy atom. The zero-order chi connectivity index (χ0) is 32.2. The van der Waals surface area contributed by atoms with Gasteiger partial charge in [0.1, 0.15) is 34.6 Å². The van der Waals surface area contributed by atoms with E-state index in [-0.39, 0.29) is 29.5 Å². The maximum atomic E-state index is 15.1. The summed E-state index contributed by atoms with van der Waals surface area (Å²) in [6.07, 6.45) is -4.06. The molecule has 0 heterocycles. The van der Waals surface area contributed by atoms with Gasteiger partial charge in [0, 0.05) is 23.3 Å². The zero-order valence-corrected chi connectivity index (χ0v) is 22.8.